The number of pyridine rings is 1. The summed E-state index contributed by atoms with van der Waals surface area (Å²) in [6.45, 7) is 8.92. The molecule has 48 heavy (non-hydrogen) atoms. The van der Waals surface area contributed by atoms with Gasteiger partial charge in [-0.3, -0.25) is 4.79 Å². The Morgan fingerprint density at radius 2 is 1.85 bits per heavy atom. The number of nitriles is 1. The molecule has 0 spiro atoms. The number of anilines is 2. The van der Waals surface area contributed by atoms with Crippen LogP contribution in [-0.4, -0.2) is 50.5 Å². The maximum Gasteiger partial charge on any atom is 0.410 e. The Kier molecular flexibility index (Phi) is 10.2. The highest BCUT2D eigenvalue weighted by Crippen LogP contribution is 2.26. The zero-order valence-corrected chi connectivity index (χ0v) is 27.5. The summed E-state index contributed by atoms with van der Waals surface area (Å²) >= 11 is 0. The Hall–Kier alpha value is -5.57. The van der Waals surface area contributed by atoms with Gasteiger partial charge >= 0.3 is 6.09 Å². The first-order valence-electron chi connectivity index (χ1n) is 15.8. The standard InChI is InChI=1S/C36H39FN8O3/c1-22(26-9-11-28(37)12-10-26)43-34(46)29-15-25(17-38)19-42-33(29)41-18-23-5-7-27(8-6-23)31-20-40-32(39)30(44-31)16-24-13-14-45(21-24)35(47)48-36(2,3)4/h5-12,15,19-20,22,24H,13-14,16,18,21H2,1-4H3,(H2,39,40)(H,41,42)(H,43,46). The summed E-state index contributed by atoms with van der Waals surface area (Å²) in [5, 5.41) is 15.5. The highest BCUT2D eigenvalue weighted by Gasteiger charge is 2.30. The van der Waals surface area contributed by atoms with Crippen molar-refractivity contribution in [2.24, 2.45) is 5.92 Å². The molecular formula is C36H39FN8O3. The average Bonchev–Trinajstić information content (AvgIpc) is 3.53. The fraction of sp³-hybridized carbons (Fsp3) is 0.333. The lowest BCUT2D eigenvalue weighted by atomic mass is 10.0. The van der Waals surface area contributed by atoms with E-state index in [-0.39, 0.29) is 29.0 Å². The summed E-state index contributed by atoms with van der Waals surface area (Å²) < 4.78 is 18.9. The second kappa shape index (κ2) is 14.5. The number of amides is 2. The van der Waals surface area contributed by atoms with Gasteiger partial charge in [0.05, 0.1) is 34.8 Å². The van der Waals surface area contributed by atoms with Crippen molar-refractivity contribution in [3.8, 4) is 17.3 Å². The molecule has 4 N–H and O–H groups in total. The number of ether oxygens (including phenoxy) is 1. The van der Waals surface area contributed by atoms with Crippen molar-refractivity contribution >= 4 is 23.6 Å². The van der Waals surface area contributed by atoms with E-state index in [1.807, 2.05) is 51.1 Å². The van der Waals surface area contributed by atoms with Gasteiger partial charge in [-0.1, -0.05) is 36.4 Å². The van der Waals surface area contributed by atoms with E-state index < -0.39 is 17.6 Å². The summed E-state index contributed by atoms with van der Waals surface area (Å²) in [5.41, 5.74) is 10.0. The number of nitrogens with one attached hydrogen (secondary N) is 2. The van der Waals surface area contributed by atoms with Crippen molar-refractivity contribution in [3.63, 3.8) is 0 Å². The van der Waals surface area contributed by atoms with Crippen molar-refractivity contribution < 1.29 is 18.7 Å². The SMILES string of the molecule is CC(NC(=O)c1cc(C#N)cnc1NCc1ccc(-c2cnc(N)c(CC3CCN(C(=O)OC(C)(C)C)C3)n2)cc1)c1ccc(F)cc1. The third-order valence-electron chi connectivity index (χ3n) is 7.99. The summed E-state index contributed by atoms with van der Waals surface area (Å²) in [5.74, 6) is 0.127. The van der Waals surface area contributed by atoms with Gasteiger partial charge in [0.1, 0.15) is 29.1 Å². The second-order valence-corrected chi connectivity index (χ2v) is 12.9. The molecule has 3 heterocycles. The van der Waals surface area contributed by atoms with Crippen LogP contribution in [0.5, 0.6) is 0 Å². The molecule has 4 aromatic rings. The molecular weight excluding hydrogens is 611 g/mol. The molecule has 2 aromatic heterocycles. The van der Waals surface area contributed by atoms with Crippen molar-refractivity contribution in [2.75, 3.05) is 24.1 Å². The predicted molar refractivity (Wildman–Crippen MR) is 180 cm³/mol. The molecule has 2 aromatic carbocycles. The molecule has 0 bridgehead atoms. The summed E-state index contributed by atoms with van der Waals surface area (Å²) in [6, 6.07) is 16.8. The topological polar surface area (TPSA) is 159 Å². The Morgan fingerprint density at radius 1 is 1.12 bits per heavy atom. The minimum absolute atomic E-state index is 0.201. The van der Waals surface area contributed by atoms with E-state index in [1.165, 1.54) is 24.4 Å². The zero-order valence-electron chi connectivity index (χ0n) is 27.5. The fourth-order valence-corrected chi connectivity index (χ4v) is 5.42. The number of nitrogen functional groups attached to an aromatic ring is 1. The molecule has 11 nitrogen and oxygen atoms in total. The van der Waals surface area contributed by atoms with E-state index >= 15 is 0 Å². The Morgan fingerprint density at radius 3 is 2.54 bits per heavy atom. The van der Waals surface area contributed by atoms with Crippen molar-refractivity contribution in [2.45, 2.75) is 58.7 Å². The number of likely N-dealkylation sites (tertiary alicyclic amines) is 1. The van der Waals surface area contributed by atoms with Gasteiger partial charge in [-0.25, -0.2) is 24.1 Å². The Labute approximate surface area is 279 Å². The lowest BCUT2D eigenvalue weighted by molar-refractivity contribution is 0.0288. The molecule has 1 aliphatic heterocycles. The van der Waals surface area contributed by atoms with Crippen LogP contribution in [0.15, 0.2) is 67.0 Å². The van der Waals surface area contributed by atoms with Crippen LogP contribution in [0.1, 0.15) is 72.9 Å². The molecule has 0 aliphatic carbocycles. The zero-order chi connectivity index (χ0) is 34.4. The normalized spacial score (nSPS) is 15.0. The largest absolute Gasteiger partial charge is 0.444 e. The first kappa shape index (κ1) is 33.8. The molecule has 1 fully saturated rings. The third-order valence-corrected chi connectivity index (χ3v) is 7.99. The highest BCUT2D eigenvalue weighted by atomic mass is 19.1. The van der Waals surface area contributed by atoms with Gasteiger partial charge in [0, 0.05) is 31.4 Å². The minimum atomic E-state index is -0.545. The van der Waals surface area contributed by atoms with Crippen LogP contribution in [0.3, 0.4) is 0 Å². The lowest BCUT2D eigenvalue weighted by Gasteiger charge is -2.24. The van der Waals surface area contributed by atoms with Gasteiger partial charge in [0.25, 0.3) is 5.91 Å². The highest BCUT2D eigenvalue weighted by molar-refractivity contribution is 5.99. The van der Waals surface area contributed by atoms with Crippen molar-refractivity contribution in [1.82, 2.24) is 25.2 Å². The Bertz CT molecular complexity index is 1820. The van der Waals surface area contributed by atoms with Crippen LogP contribution in [0, 0.1) is 23.1 Å². The quantitative estimate of drug-likeness (QED) is 0.196. The number of rotatable bonds is 9. The first-order valence-corrected chi connectivity index (χ1v) is 15.8. The molecule has 2 atom stereocenters. The van der Waals surface area contributed by atoms with Gasteiger partial charge in [0.2, 0.25) is 0 Å². The summed E-state index contributed by atoms with van der Waals surface area (Å²) in [4.78, 5) is 41.0. The van der Waals surface area contributed by atoms with Crippen molar-refractivity contribution in [1.29, 1.82) is 5.26 Å². The molecule has 1 aliphatic rings. The fourth-order valence-electron chi connectivity index (χ4n) is 5.42. The third kappa shape index (κ3) is 8.61. The smallest absolute Gasteiger partial charge is 0.410 e. The van der Waals surface area contributed by atoms with Crippen LogP contribution < -0.4 is 16.4 Å². The monoisotopic (exact) mass is 650 g/mol. The van der Waals surface area contributed by atoms with E-state index in [0.29, 0.717) is 49.1 Å². The van der Waals surface area contributed by atoms with Crippen molar-refractivity contribution in [3.05, 3.63) is 101 Å². The molecule has 0 radical (unpaired) electrons. The molecule has 1 saturated heterocycles. The van der Waals surface area contributed by atoms with Gasteiger partial charge in [-0.05, 0) is 75.8 Å². The second-order valence-electron chi connectivity index (χ2n) is 12.9. The van der Waals surface area contributed by atoms with Gasteiger partial charge in [-0.2, -0.15) is 5.26 Å². The van der Waals surface area contributed by atoms with Crippen LogP contribution in [-0.2, 0) is 17.7 Å². The number of hydrogen-bond acceptors (Lipinski definition) is 9. The van der Waals surface area contributed by atoms with Gasteiger partial charge in [0.15, 0.2) is 0 Å². The number of benzene rings is 2. The first-order chi connectivity index (χ1) is 22.9. The molecule has 5 rings (SSSR count). The van der Waals surface area contributed by atoms with Crippen LogP contribution in [0.25, 0.3) is 11.3 Å². The maximum absolute atomic E-state index is 13.4. The number of carbonyl (C=O) groups is 2. The van der Waals surface area contributed by atoms with E-state index in [4.69, 9.17) is 15.5 Å². The number of nitrogens with two attached hydrogens (primary N) is 1. The van der Waals surface area contributed by atoms with E-state index in [0.717, 1.165) is 23.1 Å². The van der Waals surface area contributed by atoms with E-state index in [9.17, 15) is 19.2 Å². The lowest BCUT2D eigenvalue weighted by Crippen LogP contribution is -2.35. The number of hydrogen-bond donors (Lipinski definition) is 3. The summed E-state index contributed by atoms with van der Waals surface area (Å²) in [7, 11) is 0. The predicted octanol–water partition coefficient (Wildman–Crippen LogP) is 6.03. The molecule has 0 saturated carbocycles. The number of aromatic nitrogens is 3. The number of halogens is 1. The van der Waals surface area contributed by atoms with Crippen LogP contribution in [0.4, 0.5) is 20.8 Å². The average molecular weight is 651 g/mol. The van der Waals surface area contributed by atoms with Gasteiger partial charge < -0.3 is 26.0 Å². The minimum Gasteiger partial charge on any atom is -0.444 e. The number of nitrogens with zero attached hydrogens (tertiary/aromatic N) is 5. The molecule has 248 valence electrons. The Balaban J connectivity index is 1.22. The van der Waals surface area contributed by atoms with E-state index in [2.05, 4.69) is 20.6 Å². The van der Waals surface area contributed by atoms with Crippen LogP contribution in [0.2, 0.25) is 0 Å². The van der Waals surface area contributed by atoms with Crippen LogP contribution >= 0.6 is 0 Å². The van der Waals surface area contributed by atoms with Gasteiger partial charge in [-0.15, -0.1) is 0 Å². The van der Waals surface area contributed by atoms with E-state index in [1.54, 1.807) is 30.2 Å². The number of carbonyl (C=O) groups excluding carboxylic acids is 2. The summed E-state index contributed by atoms with van der Waals surface area (Å²) in [6.07, 6.45) is 4.18. The maximum atomic E-state index is 13.4. The molecule has 12 heteroatoms. The molecule has 2 amide bonds. The molecule has 2 unspecified atom stereocenters.